The van der Waals surface area contributed by atoms with Gasteiger partial charge in [-0.15, -0.1) is 10.2 Å². The Labute approximate surface area is 233 Å². The zero-order valence-electron chi connectivity index (χ0n) is 22.7. The molecule has 0 aliphatic heterocycles. The molecule has 1 N–H and O–H groups in total. The first kappa shape index (κ1) is 28.0. The summed E-state index contributed by atoms with van der Waals surface area (Å²) >= 11 is 1.35. The van der Waals surface area contributed by atoms with E-state index in [9.17, 15) is 4.79 Å². The molecule has 0 aliphatic carbocycles. The Morgan fingerprint density at radius 2 is 1.67 bits per heavy atom. The number of nitrogens with zero attached hydrogens (tertiary/aromatic N) is 3. The maximum atomic E-state index is 12.7. The Balaban J connectivity index is 1.44. The molecule has 4 aromatic rings. The maximum absolute atomic E-state index is 12.7. The van der Waals surface area contributed by atoms with Gasteiger partial charge >= 0.3 is 0 Å². The van der Waals surface area contributed by atoms with Crippen LogP contribution in [0.15, 0.2) is 78.0 Å². The highest BCUT2D eigenvalue weighted by atomic mass is 32.2. The number of aromatic nitrogens is 3. The molecule has 0 unspecified atom stereocenters. The fourth-order valence-electron chi connectivity index (χ4n) is 4.12. The van der Waals surface area contributed by atoms with Crippen LogP contribution in [-0.2, 0) is 24.4 Å². The SMILES string of the molecule is CCc1ccc(OCc2nnc(SCC(=O)NCc3ccc(OC)c(OC)c3)n2[C@@H](C)c2ccccc2)cc1. The van der Waals surface area contributed by atoms with Crippen molar-refractivity contribution < 1.29 is 19.0 Å². The number of methoxy groups -OCH3 is 2. The number of carbonyl (C=O) groups is 1. The van der Waals surface area contributed by atoms with E-state index >= 15 is 0 Å². The molecule has 9 heteroatoms. The minimum Gasteiger partial charge on any atom is -0.493 e. The van der Waals surface area contributed by atoms with Gasteiger partial charge in [0.05, 0.1) is 26.0 Å². The lowest BCUT2D eigenvalue weighted by Crippen LogP contribution is -2.25. The number of aryl methyl sites for hydroxylation is 1. The summed E-state index contributed by atoms with van der Waals surface area (Å²) in [5.74, 6) is 2.83. The quantitative estimate of drug-likeness (QED) is 0.223. The zero-order valence-corrected chi connectivity index (χ0v) is 23.5. The molecule has 204 valence electrons. The standard InChI is InChI=1S/C30H34N4O4S/c1-5-22-11-14-25(15-12-22)38-19-28-32-33-30(34(28)21(2)24-9-7-6-8-10-24)39-20-29(35)31-18-23-13-16-26(36-3)27(17-23)37-4/h6-17,21H,5,18-20H2,1-4H3,(H,31,35)/t21-/m0/s1. The van der Waals surface area contributed by atoms with Gasteiger partial charge in [0, 0.05) is 6.54 Å². The van der Waals surface area contributed by atoms with Crippen molar-refractivity contribution in [3.63, 3.8) is 0 Å². The summed E-state index contributed by atoms with van der Waals surface area (Å²) in [5, 5.41) is 12.5. The summed E-state index contributed by atoms with van der Waals surface area (Å²) in [7, 11) is 3.18. The van der Waals surface area contributed by atoms with Gasteiger partial charge in [-0.1, -0.05) is 67.2 Å². The van der Waals surface area contributed by atoms with Crippen LogP contribution in [0.3, 0.4) is 0 Å². The van der Waals surface area contributed by atoms with E-state index in [0.29, 0.717) is 29.0 Å². The van der Waals surface area contributed by atoms with Crippen LogP contribution in [0.2, 0.25) is 0 Å². The molecular weight excluding hydrogens is 512 g/mol. The number of amides is 1. The van der Waals surface area contributed by atoms with E-state index in [1.807, 2.05) is 53.1 Å². The summed E-state index contributed by atoms with van der Waals surface area (Å²) in [4.78, 5) is 12.7. The fraction of sp³-hybridized carbons (Fsp3) is 0.300. The van der Waals surface area contributed by atoms with E-state index < -0.39 is 0 Å². The lowest BCUT2D eigenvalue weighted by Gasteiger charge is -2.19. The molecule has 1 atom stereocenters. The van der Waals surface area contributed by atoms with Crippen LogP contribution in [0.1, 0.15) is 42.4 Å². The number of ether oxygens (including phenoxy) is 3. The number of carbonyl (C=O) groups excluding carboxylic acids is 1. The van der Waals surface area contributed by atoms with Crippen LogP contribution in [0, 0.1) is 0 Å². The van der Waals surface area contributed by atoms with Crippen molar-refractivity contribution in [2.24, 2.45) is 0 Å². The van der Waals surface area contributed by atoms with Gasteiger partial charge in [0.15, 0.2) is 22.5 Å². The van der Waals surface area contributed by atoms with E-state index in [4.69, 9.17) is 14.2 Å². The molecule has 0 saturated heterocycles. The minimum atomic E-state index is -0.106. The fourth-order valence-corrected chi connectivity index (χ4v) is 4.98. The largest absolute Gasteiger partial charge is 0.493 e. The predicted octanol–water partition coefficient (Wildman–Crippen LogP) is 5.45. The normalized spacial score (nSPS) is 11.6. The van der Waals surface area contributed by atoms with Crippen molar-refractivity contribution in [3.8, 4) is 17.2 Å². The van der Waals surface area contributed by atoms with Crippen LogP contribution < -0.4 is 19.5 Å². The van der Waals surface area contributed by atoms with E-state index in [1.165, 1.54) is 17.3 Å². The van der Waals surface area contributed by atoms with Crippen LogP contribution >= 0.6 is 11.8 Å². The van der Waals surface area contributed by atoms with Crippen LogP contribution in [-0.4, -0.2) is 40.6 Å². The van der Waals surface area contributed by atoms with Crippen LogP contribution in [0.5, 0.6) is 17.2 Å². The van der Waals surface area contributed by atoms with Crippen molar-refractivity contribution >= 4 is 17.7 Å². The average molecular weight is 547 g/mol. The molecule has 1 heterocycles. The van der Waals surface area contributed by atoms with Crippen molar-refractivity contribution in [3.05, 3.63) is 95.3 Å². The van der Waals surface area contributed by atoms with Gasteiger partial charge in [-0.3, -0.25) is 9.36 Å². The molecule has 8 nitrogen and oxygen atoms in total. The topological polar surface area (TPSA) is 87.5 Å². The van der Waals surface area contributed by atoms with Crippen LogP contribution in [0.4, 0.5) is 0 Å². The lowest BCUT2D eigenvalue weighted by atomic mass is 10.1. The van der Waals surface area contributed by atoms with Crippen molar-refractivity contribution in [2.75, 3.05) is 20.0 Å². The van der Waals surface area contributed by atoms with Gasteiger partial charge in [-0.05, 0) is 54.3 Å². The van der Waals surface area contributed by atoms with Gasteiger partial charge in [0.2, 0.25) is 5.91 Å². The summed E-state index contributed by atoms with van der Waals surface area (Å²) in [6.07, 6.45) is 0.978. The monoisotopic (exact) mass is 546 g/mol. The average Bonchev–Trinajstić information content (AvgIpc) is 3.40. The first-order chi connectivity index (χ1) is 19.0. The Kier molecular flexibility index (Phi) is 9.85. The second-order valence-corrected chi connectivity index (χ2v) is 9.84. The first-order valence-corrected chi connectivity index (χ1v) is 13.8. The molecule has 0 radical (unpaired) electrons. The number of benzene rings is 3. The highest BCUT2D eigenvalue weighted by Gasteiger charge is 2.20. The third-order valence-corrected chi connectivity index (χ3v) is 7.32. The van der Waals surface area contributed by atoms with E-state index in [0.717, 1.165) is 23.3 Å². The summed E-state index contributed by atoms with van der Waals surface area (Å²) in [6.45, 7) is 4.86. The van der Waals surface area contributed by atoms with Gasteiger partial charge < -0.3 is 19.5 Å². The number of hydrogen-bond acceptors (Lipinski definition) is 7. The second-order valence-electron chi connectivity index (χ2n) is 8.90. The molecule has 0 bridgehead atoms. The molecule has 0 spiro atoms. The maximum Gasteiger partial charge on any atom is 0.230 e. The van der Waals surface area contributed by atoms with Crippen LogP contribution in [0.25, 0.3) is 0 Å². The van der Waals surface area contributed by atoms with Crippen molar-refractivity contribution in [1.29, 1.82) is 0 Å². The zero-order chi connectivity index (χ0) is 27.6. The minimum absolute atomic E-state index is 0.0420. The molecule has 0 aliphatic rings. The summed E-state index contributed by atoms with van der Waals surface area (Å²) in [5.41, 5.74) is 3.29. The third-order valence-electron chi connectivity index (χ3n) is 6.37. The number of nitrogens with one attached hydrogen (secondary N) is 1. The third kappa shape index (κ3) is 7.32. The smallest absolute Gasteiger partial charge is 0.230 e. The van der Waals surface area contributed by atoms with Gasteiger partial charge in [-0.2, -0.15) is 0 Å². The van der Waals surface area contributed by atoms with Crippen molar-refractivity contribution in [2.45, 2.75) is 44.6 Å². The highest BCUT2D eigenvalue weighted by Crippen LogP contribution is 2.28. The Morgan fingerprint density at radius 1 is 0.949 bits per heavy atom. The Bertz CT molecular complexity index is 1360. The predicted molar refractivity (Wildman–Crippen MR) is 153 cm³/mol. The highest BCUT2D eigenvalue weighted by molar-refractivity contribution is 7.99. The van der Waals surface area contributed by atoms with E-state index in [1.54, 1.807) is 14.2 Å². The summed E-state index contributed by atoms with van der Waals surface area (Å²) in [6, 6.07) is 23.8. The molecule has 0 saturated carbocycles. The molecule has 1 amide bonds. The van der Waals surface area contributed by atoms with E-state index in [-0.39, 0.29) is 24.3 Å². The van der Waals surface area contributed by atoms with Gasteiger partial charge in [-0.25, -0.2) is 0 Å². The second kappa shape index (κ2) is 13.7. The molecular formula is C30H34N4O4S. The molecule has 0 fully saturated rings. The molecule has 3 aromatic carbocycles. The van der Waals surface area contributed by atoms with E-state index in [2.05, 4.69) is 53.6 Å². The number of rotatable bonds is 13. The molecule has 39 heavy (non-hydrogen) atoms. The number of hydrogen-bond donors (Lipinski definition) is 1. The molecule has 1 aromatic heterocycles. The Hall–Kier alpha value is -3.98. The lowest BCUT2D eigenvalue weighted by molar-refractivity contribution is -0.118. The first-order valence-electron chi connectivity index (χ1n) is 12.8. The molecule has 4 rings (SSSR count). The van der Waals surface area contributed by atoms with Gasteiger partial charge in [0.1, 0.15) is 12.4 Å². The van der Waals surface area contributed by atoms with Gasteiger partial charge in [0.25, 0.3) is 0 Å². The number of thioether (sulfide) groups is 1. The van der Waals surface area contributed by atoms with Crippen molar-refractivity contribution in [1.82, 2.24) is 20.1 Å². The summed E-state index contributed by atoms with van der Waals surface area (Å²) < 4.78 is 18.7. The Morgan fingerprint density at radius 3 is 2.36 bits per heavy atom.